The van der Waals surface area contributed by atoms with E-state index < -0.39 is 23.0 Å². The van der Waals surface area contributed by atoms with Crippen molar-refractivity contribution in [1.82, 2.24) is 5.32 Å². The smallest absolute Gasteiger partial charge is 0.310 e. The van der Waals surface area contributed by atoms with E-state index in [-0.39, 0.29) is 12.1 Å². The van der Waals surface area contributed by atoms with Crippen LogP contribution in [0.2, 0.25) is 0 Å². The summed E-state index contributed by atoms with van der Waals surface area (Å²) in [5.74, 6) is -1.82. The van der Waals surface area contributed by atoms with Gasteiger partial charge in [0.25, 0.3) is 0 Å². The number of nitrogens with one attached hydrogen (secondary N) is 1. The lowest BCUT2D eigenvalue weighted by atomic mass is 9.94. The summed E-state index contributed by atoms with van der Waals surface area (Å²) in [5.41, 5.74) is -0.587. The fraction of sp³-hybridized carbons (Fsp3) is 0.462. The molecule has 0 aliphatic heterocycles. The Kier molecular flexibility index (Phi) is 4.78. The van der Waals surface area contributed by atoms with Gasteiger partial charge in [-0.2, -0.15) is 0 Å². The molecule has 0 atom stereocenters. The SMILES string of the molecule is CC(C)(CNCCc1cc(F)ccc1F)C(=O)O. The topological polar surface area (TPSA) is 49.3 Å². The van der Waals surface area contributed by atoms with Gasteiger partial charge in [0.1, 0.15) is 11.6 Å². The van der Waals surface area contributed by atoms with Gasteiger partial charge in [-0.1, -0.05) is 0 Å². The van der Waals surface area contributed by atoms with Gasteiger partial charge >= 0.3 is 5.97 Å². The maximum Gasteiger partial charge on any atom is 0.310 e. The van der Waals surface area contributed by atoms with Gasteiger partial charge in [0, 0.05) is 6.54 Å². The average Bonchev–Trinajstić information content (AvgIpc) is 2.28. The van der Waals surface area contributed by atoms with Crippen LogP contribution in [0.4, 0.5) is 8.78 Å². The molecule has 2 N–H and O–H groups in total. The number of halogens is 2. The predicted molar refractivity (Wildman–Crippen MR) is 64.3 cm³/mol. The Hall–Kier alpha value is -1.49. The highest BCUT2D eigenvalue weighted by molar-refractivity contribution is 5.73. The summed E-state index contributed by atoms with van der Waals surface area (Å²) < 4.78 is 26.2. The minimum Gasteiger partial charge on any atom is -0.481 e. The second-order valence-corrected chi connectivity index (χ2v) is 4.85. The zero-order valence-electron chi connectivity index (χ0n) is 10.5. The molecule has 0 aromatic heterocycles. The van der Waals surface area contributed by atoms with Crippen LogP contribution in [0, 0.1) is 17.0 Å². The fourth-order valence-electron chi connectivity index (χ4n) is 1.43. The summed E-state index contributed by atoms with van der Waals surface area (Å²) in [6.45, 7) is 3.88. The monoisotopic (exact) mass is 257 g/mol. The Morgan fingerprint density at radius 3 is 2.67 bits per heavy atom. The predicted octanol–water partition coefficient (Wildman–Crippen LogP) is 2.21. The Morgan fingerprint density at radius 2 is 2.06 bits per heavy atom. The van der Waals surface area contributed by atoms with E-state index in [1.807, 2.05) is 0 Å². The van der Waals surface area contributed by atoms with Gasteiger partial charge in [0.15, 0.2) is 0 Å². The van der Waals surface area contributed by atoms with Gasteiger partial charge in [-0.3, -0.25) is 4.79 Å². The number of hydrogen-bond acceptors (Lipinski definition) is 2. The third-order valence-electron chi connectivity index (χ3n) is 2.72. The van der Waals surface area contributed by atoms with Crippen molar-refractivity contribution in [1.29, 1.82) is 0 Å². The van der Waals surface area contributed by atoms with E-state index in [0.717, 1.165) is 18.2 Å². The van der Waals surface area contributed by atoms with E-state index in [9.17, 15) is 13.6 Å². The highest BCUT2D eigenvalue weighted by Crippen LogP contribution is 2.13. The largest absolute Gasteiger partial charge is 0.481 e. The molecule has 0 spiro atoms. The molecule has 0 fully saturated rings. The van der Waals surface area contributed by atoms with Crippen LogP contribution < -0.4 is 5.32 Å². The van der Waals surface area contributed by atoms with E-state index >= 15 is 0 Å². The second kappa shape index (κ2) is 5.91. The number of benzene rings is 1. The second-order valence-electron chi connectivity index (χ2n) is 4.85. The molecule has 0 aliphatic carbocycles. The van der Waals surface area contributed by atoms with Gasteiger partial charge in [-0.15, -0.1) is 0 Å². The molecule has 0 radical (unpaired) electrons. The highest BCUT2D eigenvalue weighted by atomic mass is 19.1. The molecule has 0 unspecified atom stereocenters. The van der Waals surface area contributed by atoms with Gasteiger partial charge in [-0.25, -0.2) is 8.78 Å². The molecule has 5 heteroatoms. The average molecular weight is 257 g/mol. The normalized spacial score (nSPS) is 11.6. The van der Waals surface area contributed by atoms with Crippen LogP contribution in [0.1, 0.15) is 19.4 Å². The summed E-state index contributed by atoms with van der Waals surface area (Å²) in [6.07, 6.45) is 0.319. The third-order valence-corrected chi connectivity index (χ3v) is 2.72. The lowest BCUT2D eigenvalue weighted by molar-refractivity contribution is -0.146. The van der Waals surface area contributed by atoms with Crippen LogP contribution in [0.25, 0.3) is 0 Å². The van der Waals surface area contributed by atoms with Gasteiger partial charge < -0.3 is 10.4 Å². The third kappa shape index (κ3) is 4.07. The van der Waals surface area contributed by atoms with E-state index in [2.05, 4.69) is 5.32 Å². The van der Waals surface area contributed by atoms with Crippen LogP contribution in [-0.2, 0) is 11.2 Å². The Balaban J connectivity index is 2.43. The van der Waals surface area contributed by atoms with Crippen LogP contribution in [0.15, 0.2) is 18.2 Å². The maximum absolute atomic E-state index is 13.3. The van der Waals surface area contributed by atoms with Crippen molar-refractivity contribution in [2.24, 2.45) is 5.41 Å². The summed E-state index contributed by atoms with van der Waals surface area (Å²) in [7, 11) is 0. The van der Waals surface area contributed by atoms with Crippen LogP contribution in [0.3, 0.4) is 0 Å². The zero-order chi connectivity index (χ0) is 13.8. The first kappa shape index (κ1) is 14.6. The molecule has 0 saturated carbocycles. The molecule has 0 saturated heterocycles. The van der Waals surface area contributed by atoms with Crippen molar-refractivity contribution < 1.29 is 18.7 Å². The molecular weight excluding hydrogens is 240 g/mol. The highest BCUT2D eigenvalue weighted by Gasteiger charge is 2.26. The van der Waals surface area contributed by atoms with Gasteiger partial charge in [-0.05, 0) is 50.6 Å². The Labute approximate surface area is 105 Å². The van der Waals surface area contributed by atoms with Gasteiger partial charge in [0.2, 0.25) is 0 Å². The summed E-state index contributed by atoms with van der Waals surface area (Å²) in [4.78, 5) is 10.8. The molecular formula is C13H17F2NO2. The molecule has 1 rings (SSSR count). The van der Waals surface area contributed by atoms with Crippen LogP contribution in [-0.4, -0.2) is 24.2 Å². The van der Waals surface area contributed by atoms with Crippen molar-refractivity contribution in [2.75, 3.05) is 13.1 Å². The fourth-order valence-corrected chi connectivity index (χ4v) is 1.43. The number of rotatable bonds is 6. The minimum absolute atomic E-state index is 0.277. The molecule has 0 aliphatic rings. The summed E-state index contributed by atoms with van der Waals surface area (Å²) >= 11 is 0. The number of aliphatic carboxylic acids is 1. The van der Waals surface area contributed by atoms with Crippen molar-refractivity contribution in [3.63, 3.8) is 0 Å². The number of carboxylic acid groups (broad SMARTS) is 1. The molecule has 3 nitrogen and oxygen atoms in total. The van der Waals surface area contributed by atoms with E-state index in [1.54, 1.807) is 13.8 Å². The van der Waals surface area contributed by atoms with Crippen molar-refractivity contribution in [3.05, 3.63) is 35.4 Å². The van der Waals surface area contributed by atoms with E-state index in [4.69, 9.17) is 5.11 Å². The van der Waals surface area contributed by atoms with Crippen molar-refractivity contribution in [2.45, 2.75) is 20.3 Å². The Bertz CT molecular complexity index is 433. The molecule has 1 aromatic rings. The molecule has 18 heavy (non-hydrogen) atoms. The molecule has 0 amide bonds. The first-order chi connectivity index (χ1) is 8.33. The molecule has 0 heterocycles. The van der Waals surface area contributed by atoms with Crippen LogP contribution >= 0.6 is 0 Å². The minimum atomic E-state index is -0.896. The van der Waals surface area contributed by atoms with Crippen molar-refractivity contribution in [3.8, 4) is 0 Å². The standard InChI is InChI=1S/C13H17F2NO2/c1-13(2,12(17)18)8-16-6-5-9-7-10(14)3-4-11(9)15/h3-4,7,16H,5-6,8H2,1-2H3,(H,17,18). The molecule has 100 valence electrons. The first-order valence-corrected chi connectivity index (χ1v) is 5.71. The summed E-state index contributed by atoms with van der Waals surface area (Å²) in [5, 5.41) is 11.8. The maximum atomic E-state index is 13.3. The van der Waals surface area contributed by atoms with E-state index in [1.165, 1.54) is 0 Å². The number of hydrogen-bond donors (Lipinski definition) is 2. The lowest BCUT2D eigenvalue weighted by Crippen LogP contribution is -2.36. The van der Waals surface area contributed by atoms with Crippen molar-refractivity contribution >= 4 is 5.97 Å². The summed E-state index contributed by atoms with van der Waals surface area (Å²) in [6, 6.07) is 3.31. The zero-order valence-corrected chi connectivity index (χ0v) is 10.5. The number of carbonyl (C=O) groups is 1. The molecule has 1 aromatic carbocycles. The lowest BCUT2D eigenvalue weighted by Gasteiger charge is -2.19. The Morgan fingerprint density at radius 1 is 1.39 bits per heavy atom. The first-order valence-electron chi connectivity index (χ1n) is 5.71. The number of carboxylic acids is 1. The van der Waals surface area contributed by atoms with Crippen LogP contribution in [0.5, 0.6) is 0 Å². The molecule has 0 bridgehead atoms. The van der Waals surface area contributed by atoms with Gasteiger partial charge in [0.05, 0.1) is 5.41 Å². The van der Waals surface area contributed by atoms with E-state index in [0.29, 0.717) is 13.0 Å². The quantitative estimate of drug-likeness (QED) is 0.768.